The maximum Gasteiger partial charge on any atom is 0.269 e. The zero-order chi connectivity index (χ0) is 18.1. The zero-order valence-corrected chi connectivity index (χ0v) is 14.7. The smallest absolute Gasteiger partial charge is 0.269 e. The van der Waals surface area contributed by atoms with E-state index in [0.29, 0.717) is 17.7 Å². The molecular weight excluding hydrogens is 336 g/mol. The topological polar surface area (TPSA) is 82.3 Å². The Morgan fingerprint density at radius 2 is 1.52 bits per heavy atom. The van der Waals surface area contributed by atoms with Gasteiger partial charge in [0.2, 0.25) is 5.91 Å². The molecule has 130 valence electrons. The Bertz CT molecular complexity index is 733. The molecular formula is C18H20N4O2S. The standard InChI is InChI=1S/C18H20N4O2S/c1-2-6-16(23)19-15-11-9-13(10-12-15)17(24)21-22-18(25)20-14-7-4-3-5-8-14/h3-5,7-12H,2,6H2,1H3,(H,19,23)(H,21,24)(H2,20,22,25). The molecule has 2 amide bonds. The van der Waals surface area contributed by atoms with Gasteiger partial charge in [0.05, 0.1) is 0 Å². The molecule has 0 unspecified atom stereocenters. The Labute approximate surface area is 152 Å². The summed E-state index contributed by atoms with van der Waals surface area (Å²) in [7, 11) is 0. The van der Waals surface area contributed by atoms with Crippen molar-refractivity contribution in [3.63, 3.8) is 0 Å². The molecule has 0 saturated heterocycles. The van der Waals surface area contributed by atoms with Gasteiger partial charge in [-0.2, -0.15) is 0 Å². The van der Waals surface area contributed by atoms with E-state index in [1.807, 2.05) is 37.3 Å². The molecule has 0 aliphatic heterocycles. The van der Waals surface area contributed by atoms with Gasteiger partial charge in [-0.15, -0.1) is 0 Å². The second kappa shape index (κ2) is 9.39. The van der Waals surface area contributed by atoms with Gasteiger partial charge in [0.25, 0.3) is 5.91 Å². The Morgan fingerprint density at radius 1 is 0.880 bits per heavy atom. The van der Waals surface area contributed by atoms with Crippen molar-refractivity contribution in [2.45, 2.75) is 19.8 Å². The molecule has 0 bridgehead atoms. The van der Waals surface area contributed by atoms with Crippen LogP contribution in [0.3, 0.4) is 0 Å². The summed E-state index contributed by atoms with van der Waals surface area (Å²) < 4.78 is 0. The summed E-state index contributed by atoms with van der Waals surface area (Å²) in [6, 6.07) is 16.0. The molecule has 4 N–H and O–H groups in total. The maximum atomic E-state index is 12.1. The van der Waals surface area contributed by atoms with Crippen LogP contribution in [0.15, 0.2) is 54.6 Å². The highest BCUT2D eigenvalue weighted by Crippen LogP contribution is 2.10. The number of carbonyl (C=O) groups is 2. The summed E-state index contributed by atoms with van der Waals surface area (Å²) >= 11 is 5.11. The van der Waals surface area contributed by atoms with Crippen molar-refractivity contribution in [2.75, 3.05) is 10.6 Å². The number of thiocarbonyl (C=S) groups is 1. The summed E-state index contributed by atoms with van der Waals surface area (Å²) in [5, 5.41) is 6.00. The van der Waals surface area contributed by atoms with Gasteiger partial charge in [0, 0.05) is 23.4 Å². The van der Waals surface area contributed by atoms with Gasteiger partial charge in [-0.25, -0.2) is 0 Å². The van der Waals surface area contributed by atoms with Gasteiger partial charge in [0.1, 0.15) is 0 Å². The Kier molecular flexibility index (Phi) is 6.91. The van der Waals surface area contributed by atoms with Crippen LogP contribution in [0, 0.1) is 0 Å². The van der Waals surface area contributed by atoms with E-state index in [-0.39, 0.29) is 16.9 Å². The van der Waals surface area contributed by atoms with Gasteiger partial charge in [0.15, 0.2) is 5.11 Å². The fraction of sp³-hybridized carbons (Fsp3) is 0.167. The monoisotopic (exact) mass is 356 g/mol. The summed E-state index contributed by atoms with van der Waals surface area (Å²) in [6.07, 6.45) is 1.26. The van der Waals surface area contributed by atoms with Crippen molar-refractivity contribution in [3.05, 3.63) is 60.2 Å². The SMILES string of the molecule is CCCC(=O)Nc1ccc(C(=O)NNC(=S)Nc2ccccc2)cc1. The zero-order valence-electron chi connectivity index (χ0n) is 13.8. The van der Waals surface area contributed by atoms with Gasteiger partial charge in [-0.3, -0.25) is 20.4 Å². The quantitative estimate of drug-likeness (QED) is 0.489. The van der Waals surface area contributed by atoms with Crippen LogP contribution in [0.1, 0.15) is 30.1 Å². The molecule has 0 radical (unpaired) electrons. The van der Waals surface area contributed by atoms with Crippen LogP contribution in [-0.2, 0) is 4.79 Å². The number of hydrazine groups is 1. The van der Waals surface area contributed by atoms with Crippen molar-refractivity contribution < 1.29 is 9.59 Å². The predicted molar refractivity (Wildman–Crippen MR) is 103 cm³/mol. The normalized spacial score (nSPS) is 9.80. The van der Waals surface area contributed by atoms with E-state index in [4.69, 9.17) is 12.2 Å². The lowest BCUT2D eigenvalue weighted by atomic mass is 10.2. The molecule has 0 atom stereocenters. The minimum atomic E-state index is -0.330. The van der Waals surface area contributed by atoms with E-state index in [0.717, 1.165) is 12.1 Å². The number of benzene rings is 2. The van der Waals surface area contributed by atoms with Gasteiger partial charge < -0.3 is 10.6 Å². The number of carbonyl (C=O) groups excluding carboxylic acids is 2. The number of para-hydroxylation sites is 1. The van der Waals surface area contributed by atoms with Crippen LogP contribution in [0.5, 0.6) is 0 Å². The van der Waals surface area contributed by atoms with E-state index < -0.39 is 0 Å². The van der Waals surface area contributed by atoms with E-state index in [1.165, 1.54) is 0 Å². The van der Waals surface area contributed by atoms with Crippen LogP contribution in [0.2, 0.25) is 0 Å². The minimum Gasteiger partial charge on any atom is -0.331 e. The van der Waals surface area contributed by atoms with E-state index in [9.17, 15) is 9.59 Å². The highest BCUT2D eigenvalue weighted by Gasteiger charge is 2.07. The summed E-state index contributed by atoms with van der Waals surface area (Å²) in [4.78, 5) is 23.6. The van der Waals surface area contributed by atoms with Crippen LogP contribution in [0.25, 0.3) is 0 Å². The van der Waals surface area contributed by atoms with E-state index in [1.54, 1.807) is 24.3 Å². The third-order valence-corrected chi connectivity index (χ3v) is 3.43. The van der Waals surface area contributed by atoms with E-state index in [2.05, 4.69) is 21.5 Å². The van der Waals surface area contributed by atoms with Crippen molar-refractivity contribution >= 4 is 40.5 Å². The lowest BCUT2D eigenvalue weighted by Gasteiger charge is -2.12. The molecule has 25 heavy (non-hydrogen) atoms. The Balaban J connectivity index is 1.82. The molecule has 0 saturated carbocycles. The maximum absolute atomic E-state index is 12.1. The number of rotatable bonds is 5. The lowest BCUT2D eigenvalue weighted by molar-refractivity contribution is -0.116. The molecule has 0 spiro atoms. The number of hydrogen-bond donors (Lipinski definition) is 4. The van der Waals surface area contributed by atoms with Crippen LogP contribution in [0.4, 0.5) is 11.4 Å². The second-order valence-electron chi connectivity index (χ2n) is 5.27. The first-order chi connectivity index (χ1) is 12.1. The van der Waals surface area contributed by atoms with Crippen LogP contribution in [-0.4, -0.2) is 16.9 Å². The highest BCUT2D eigenvalue weighted by molar-refractivity contribution is 7.80. The first-order valence-electron chi connectivity index (χ1n) is 7.91. The van der Waals surface area contributed by atoms with E-state index >= 15 is 0 Å². The first-order valence-corrected chi connectivity index (χ1v) is 8.31. The summed E-state index contributed by atoms with van der Waals surface area (Å²) in [6.45, 7) is 1.94. The molecule has 2 aromatic carbocycles. The number of nitrogens with one attached hydrogen (secondary N) is 4. The third-order valence-electron chi connectivity index (χ3n) is 3.23. The molecule has 2 rings (SSSR count). The fourth-order valence-corrected chi connectivity index (χ4v) is 2.19. The molecule has 0 aliphatic rings. The lowest BCUT2D eigenvalue weighted by Crippen LogP contribution is -2.43. The van der Waals surface area contributed by atoms with Gasteiger partial charge in [-0.05, 0) is 55.0 Å². The molecule has 2 aromatic rings. The first kappa shape index (κ1) is 18.4. The van der Waals surface area contributed by atoms with Crippen molar-refractivity contribution in [1.29, 1.82) is 0 Å². The third kappa shape index (κ3) is 6.23. The molecule has 0 heterocycles. The van der Waals surface area contributed by atoms with Gasteiger partial charge >= 0.3 is 0 Å². The summed E-state index contributed by atoms with van der Waals surface area (Å²) in [5.41, 5.74) is 7.09. The largest absolute Gasteiger partial charge is 0.331 e. The number of amides is 2. The second-order valence-corrected chi connectivity index (χ2v) is 5.68. The van der Waals surface area contributed by atoms with Crippen molar-refractivity contribution in [2.24, 2.45) is 0 Å². The average Bonchev–Trinajstić information content (AvgIpc) is 2.61. The van der Waals surface area contributed by atoms with Gasteiger partial charge in [-0.1, -0.05) is 25.1 Å². The average molecular weight is 356 g/mol. The van der Waals surface area contributed by atoms with Crippen molar-refractivity contribution in [1.82, 2.24) is 10.9 Å². The summed E-state index contributed by atoms with van der Waals surface area (Å²) in [5.74, 6) is -0.373. The predicted octanol–water partition coefficient (Wildman–Crippen LogP) is 3.06. The number of hydrogen-bond acceptors (Lipinski definition) is 3. The van der Waals surface area contributed by atoms with Crippen LogP contribution >= 0.6 is 12.2 Å². The number of anilines is 2. The van der Waals surface area contributed by atoms with Crippen molar-refractivity contribution in [3.8, 4) is 0 Å². The molecule has 7 heteroatoms. The van der Waals surface area contributed by atoms with Crippen LogP contribution < -0.4 is 21.5 Å². The molecule has 6 nitrogen and oxygen atoms in total. The Hall–Kier alpha value is -2.93. The molecule has 0 aliphatic carbocycles. The highest BCUT2D eigenvalue weighted by atomic mass is 32.1. The molecule has 0 fully saturated rings. The fourth-order valence-electron chi connectivity index (χ4n) is 2.03. The Morgan fingerprint density at radius 3 is 2.16 bits per heavy atom. The molecule has 0 aromatic heterocycles. The minimum absolute atomic E-state index is 0.0429.